The Hall–Kier alpha value is -1.12. The molecule has 0 spiro atoms. The van der Waals surface area contributed by atoms with Crippen LogP contribution in [0.25, 0.3) is 0 Å². The highest BCUT2D eigenvalue weighted by molar-refractivity contribution is 8.22. The summed E-state index contributed by atoms with van der Waals surface area (Å²) < 4.78 is 1.34. The van der Waals surface area contributed by atoms with E-state index in [-0.39, 0.29) is 0 Å². The summed E-state index contributed by atoms with van der Waals surface area (Å²) in [7, 11) is 0. The number of rotatable bonds is 5. The number of benzene rings is 2. The molecule has 0 fully saturated rings. The summed E-state index contributed by atoms with van der Waals surface area (Å²) in [6.07, 6.45) is 3.35. The summed E-state index contributed by atoms with van der Waals surface area (Å²) in [5.41, 5.74) is 0. The normalized spacial score (nSPS) is 10.1. The van der Waals surface area contributed by atoms with Crippen LogP contribution in [0.1, 0.15) is 13.3 Å². The standard InChI is InChI=1S/C16H16S2/c1-2-9-16(17-14-10-5-3-6-11-14)18-15-12-7-4-8-13-15/h3-13H,2H2,1H3. The minimum absolute atomic E-state index is 1.06. The van der Waals surface area contributed by atoms with Gasteiger partial charge in [0.05, 0.1) is 0 Å². The monoisotopic (exact) mass is 272 g/mol. The van der Waals surface area contributed by atoms with E-state index in [2.05, 4.69) is 73.7 Å². The van der Waals surface area contributed by atoms with Gasteiger partial charge in [0.1, 0.15) is 0 Å². The molecule has 0 aliphatic rings. The molecule has 2 heteroatoms. The van der Waals surface area contributed by atoms with Gasteiger partial charge < -0.3 is 0 Å². The predicted molar refractivity (Wildman–Crippen MR) is 83.0 cm³/mol. The van der Waals surface area contributed by atoms with Crippen molar-refractivity contribution in [3.05, 3.63) is 71.0 Å². The van der Waals surface area contributed by atoms with Gasteiger partial charge >= 0.3 is 0 Å². The first-order valence-electron chi connectivity index (χ1n) is 6.04. The average molecular weight is 272 g/mol. The third kappa shape index (κ3) is 4.28. The summed E-state index contributed by atoms with van der Waals surface area (Å²) in [5, 5.41) is 0. The molecule has 2 rings (SSSR count). The fourth-order valence-electron chi connectivity index (χ4n) is 1.48. The molecular weight excluding hydrogens is 256 g/mol. The van der Waals surface area contributed by atoms with Gasteiger partial charge in [-0.05, 0) is 30.7 Å². The van der Waals surface area contributed by atoms with E-state index in [1.54, 1.807) is 0 Å². The lowest BCUT2D eigenvalue weighted by Crippen LogP contribution is -1.75. The lowest BCUT2D eigenvalue weighted by atomic mass is 10.4. The predicted octanol–water partition coefficient (Wildman–Crippen LogP) is 5.82. The van der Waals surface area contributed by atoms with Crippen molar-refractivity contribution in [1.82, 2.24) is 0 Å². The van der Waals surface area contributed by atoms with Crippen molar-refractivity contribution in [3.63, 3.8) is 0 Å². The number of hydrogen-bond donors (Lipinski definition) is 0. The number of allylic oxidation sites excluding steroid dienone is 1. The Morgan fingerprint density at radius 2 is 1.28 bits per heavy atom. The summed E-state index contributed by atoms with van der Waals surface area (Å²) in [6.45, 7) is 2.18. The quantitative estimate of drug-likeness (QED) is 0.629. The highest BCUT2D eigenvalue weighted by Gasteiger charge is 2.02. The van der Waals surface area contributed by atoms with E-state index in [1.807, 2.05) is 23.5 Å². The first-order chi connectivity index (χ1) is 8.88. The lowest BCUT2D eigenvalue weighted by Gasteiger charge is -2.06. The van der Waals surface area contributed by atoms with Gasteiger partial charge in [-0.25, -0.2) is 0 Å². The van der Waals surface area contributed by atoms with Crippen LogP contribution in [0.15, 0.2) is 80.8 Å². The minimum Gasteiger partial charge on any atom is -0.0831 e. The van der Waals surface area contributed by atoms with E-state index in [1.165, 1.54) is 14.0 Å². The maximum atomic E-state index is 2.29. The molecule has 0 aliphatic heterocycles. The molecule has 2 aromatic carbocycles. The second-order valence-corrected chi connectivity index (χ2v) is 6.25. The van der Waals surface area contributed by atoms with Gasteiger partial charge in [-0.15, -0.1) is 0 Å². The van der Waals surface area contributed by atoms with Gasteiger partial charge in [-0.2, -0.15) is 0 Å². The molecular formula is C16H16S2. The third-order valence-electron chi connectivity index (χ3n) is 2.29. The maximum absolute atomic E-state index is 2.29. The highest BCUT2D eigenvalue weighted by atomic mass is 32.2. The maximum Gasteiger partial charge on any atom is 0.0458 e. The molecule has 0 radical (unpaired) electrons. The molecule has 0 saturated heterocycles. The Balaban J connectivity index is 2.08. The minimum atomic E-state index is 1.06. The molecule has 18 heavy (non-hydrogen) atoms. The van der Waals surface area contributed by atoms with Crippen LogP contribution in [0.5, 0.6) is 0 Å². The zero-order valence-electron chi connectivity index (χ0n) is 10.4. The van der Waals surface area contributed by atoms with Crippen molar-refractivity contribution in [2.24, 2.45) is 0 Å². The van der Waals surface area contributed by atoms with Crippen molar-refractivity contribution in [2.45, 2.75) is 23.1 Å². The van der Waals surface area contributed by atoms with E-state index in [4.69, 9.17) is 0 Å². The molecule has 0 saturated carbocycles. The molecule has 92 valence electrons. The molecule has 0 unspecified atom stereocenters. The Labute approximate surface area is 118 Å². The SMILES string of the molecule is CCC=C(Sc1ccccc1)Sc1ccccc1. The van der Waals surface area contributed by atoms with E-state index in [0.29, 0.717) is 0 Å². The van der Waals surface area contributed by atoms with Gasteiger partial charge in [0.25, 0.3) is 0 Å². The second kappa shape index (κ2) is 7.34. The van der Waals surface area contributed by atoms with Crippen LogP contribution < -0.4 is 0 Å². The van der Waals surface area contributed by atoms with E-state index >= 15 is 0 Å². The molecule has 0 bridgehead atoms. The van der Waals surface area contributed by atoms with Crippen LogP contribution in [0, 0.1) is 0 Å². The zero-order valence-corrected chi connectivity index (χ0v) is 12.0. The van der Waals surface area contributed by atoms with Crippen LogP contribution in [0.2, 0.25) is 0 Å². The summed E-state index contributed by atoms with van der Waals surface area (Å²) in [6, 6.07) is 21.0. The molecule has 2 aromatic rings. The van der Waals surface area contributed by atoms with Crippen molar-refractivity contribution < 1.29 is 0 Å². The van der Waals surface area contributed by atoms with Gasteiger partial charge in [0.2, 0.25) is 0 Å². The van der Waals surface area contributed by atoms with E-state index in [9.17, 15) is 0 Å². The van der Waals surface area contributed by atoms with Crippen LogP contribution in [-0.2, 0) is 0 Å². The van der Waals surface area contributed by atoms with E-state index in [0.717, 1.165) is 6.42 Å². The fourth-order valence-corrected chi connectivity index (χ4v) is 3.78. The molecule has 0 heterocycles. The average Bonchev–Trinajstić information content (AvgIpc) is 2.41. The Kier molecular flexibility index (Phi) is 5.43. The fraction of sp³-hybridized carbons (Fsp3) is 0.125. The molecule has 0 N–H and O–H groups in total. The van der Waals surface area contributed by atoms with E-state index < -0.39 is 0 Å². The van der Waals surface area contributed by atoms with Crippen molar-refractivity contribution in [3.8, 4) is 0 Å². The Bertz CT molecular complexity index is 446. The zero-order chi connectivity index (χ0) is 12.6. The molecule has 0 amide bonds. The Morgan fingerprint density at radius 1 is 0.833 bits per heavy atom. The van der Waals surface area contributed by atoms with Crippen molar-refractivity contribution in [2.75, 3.05) is 0 Å². The third-order valence-corrected chi connectivity index (χ3v) is 4.55. The summed E-state index contributed by atoms with van der Waals surface area (Å²) in [4.78, 5) is 2.58. The largest absolute Gasteiger partial charge is 0.0831 e. The van der Waals surface area contributed by atoms with Crippen molar-refractivity contribution >= 4 is 23.5 Å². The summed E-state index contributed by atoms with van der Waals surface area (Å²) in [5.74, 6) is 0. The molecule has 0 aliphatic carbocycles. The first-order valence-corrected chi connectivity index (χ1v) is 7.67. The van der Waals surface area contributed by atoms with Gasteiger partial charge in [-0.1, -0.05) is 72.9 Å². The second-order valence-electron chi connectivity index (χ2n) is 3.76. The molecule has 0 nitrogen and oxygen atoms in total. The first kappa shape index (κ1) is 13.3. The highest BCUT2D eigenvalue weighted by Crippen LogP contribution is 2.39. The van der Waals surface area contributed by atoms with Crippen molar-refractivity contribution in [1.29, 1.82) is 0 Å². The Morgan fingerprint density at radius 3 is 1.67 bits per heavy atom. The van der Waals surface area contributed by atoms with Crippen LogP contribution >= 0.6 is 23.5 Å². The van der Waals surface area contributed by atoms with Crippen LogP contribution in [0.3, 0.4) is 0 Å². The topological polar surface area (TPSA) is 0 Å². The smallest absolute Gasteiger partial charge is 0.0458 e. The number of hydrogen-bond acceptors (Lipinski definition) is 2. The van der Waals surface area contributed by atoms with Gasteiger partial charge in [0, 0.05) is 14.0 Å². The lowest BCUT2D eigenvalue weighted by molar-refractivity contribution is 1.23. The van der Waals surface area contributed by atoms with Crippen LogP contribution in [-0.4, -0.2) is 0 Å². The molecule has 0 aromatic heterocycles. The summed E-state index contributed by atoms with van der Waals surface area (Å²) >= 11 is 3.66. The molecule has 0 atom stereocenters. The van der Waals surface area contributed by atoms with Gasteiger partial charge in [-0.3, -0.25) is 0 Å². The van der Waals surface area contributed by atoms with Gasteiger partial charge in [0.15, 0.2) is 0 Å². The number of thioether (sulfide) groups is 2. The van der Waals surface area contributed by atoms with Crippen LogP contribution in [0.4, 0.5) is 0 Å².